The molecule has 2 atom stereocenters. The molecule has 4 heterocycles. The van der Waals surface area contributed by atoms with Crippen molar-refractivity contribution in [3.05, 3.63) is 64.5 Å². The fraction of sp³-hybridized carbons (Fsp3) is 0.360. The molecular weight excluding hydrogens is 468 g/mol. The summed E-state index contributed by atoms with van der Waals surface area (Å²) >= 11 is 1.47. The number of likely N-dealkylation sites (tertiary alicyclic amines) is 2. The van der Waals surface area contributed by atoms with E-state index < -0.39 is 6.10 Å². The van der Waals surface area contributed by atoms with E-state index in [0.29, 0.717) is 55.4 Å². The van der Waals surface area contributed by atoms with Crippen LogP contribution in [0.5, 0.6) is 11.5 Å². The van der Waals surface area contributed by atoms with Crippen molar-refractivity contribution in [2.45, 2.75) is 38.0 Å². The maximum Gasteiger partial charge on any atom is 0.289 e. The monoisotopic (exact) mass is 492 g/mol. The van der Waals surface area contributed by atoms with Crippen LogP contribution in [0.25, 0.3) is 0 Å². The van der Waals surface area contributed by atoms with Gasteiger partial charge in [0.15, 0.2) is 17.3 Å². The van der Waals surface area contributed by atoms with Gasteiger partial charge in [-0.2, -0.15) is 5.26 Å². The molecule has 0 radical (unpaired) electrons. The molecular formula is C25H24N4O5S. The van der Waals surface area contributed by atoms with Crippen molar-refractivity contribution in [3.8, 4) is 17.6 Å². The first-order chi connectivity index (χ1) is 17.1. The Balaban J connectivity index is 1.32. The van der Waals surface area contributed by atoms with Gasteiger partial charge in [0.05, 0.1) is 35.7 Å². The molecule has 3 aromatic rings. The third-order valence-electron chi connectivity index (χ3n) is 6.34. The minimum atomic E-state index is -0.743. The number of piperidine rings is 1. The van der Waals surface area contributed by atoms with Gasteiger partial charge < -0.3 is 23.7 Å². The van der Waals surface area contributed by atoms with Gasteiger partial charge in [-0.05, 0) is 44.0 Å². The highest BCUT2D eigenvalue weighted by Crippen LogP contribution is 2.43. The molecule has 2 aromatic heterocycles. The molecule has 0 N–H and O–H groups in total. The second-order valence-corrected chi connectivity index (χ2v) is 9.07. The molecule has 9 nitrogen and oxygen atoms in total. The van der Waals surface area contributed by atoms with E-state index in [1.165, 1.54) is 17.6 Å². The number of ether oxygens (including phenoxy) is 2. The van der Waals surface area contributed by atoms with Crippen LogP contribution in [-0.2, 0) is 4.79 Å². The number of thiazole rings is 1. The lowest BCUT2D eigenvalue weighted by Gasteiger charge is -2.51. The molecule has 2 fully saturated rings. The van der Waals surface area contributed by atoms with Crippen molar-refractivity contribution in [3.63, 3.8) is 0 Å². The highest BCUT2D eigenvalue weighted by atomic mass is 32.1. The topological polar surface area (TPSA) is 109 Å². The summed E-state index contributed by atoms with van der Waals surface area (Å²) in [6.45, 7) is 3.32. The number of β-lactam (4-membered cyclic amide) rings is 1. The van der Waals surface area contributed by atoms with Crippen LogP contribution in [0.15, 0.2) is 51.9 Å². The summed E-state index contributed by atoms with van der Waals surface area (Å²) in [6.07, 6.45) is 2.06. The van der Waals surface area contributed by atoms with Crippen LogP contribution >= 0.6 is 11.3 Å². The predicted molar refractivity (Wildman–Crippen MR) is 126 cm³/mol. The molecule has 1 aromatic carbocycles. The number of amides is 2. The normalized spacial score (nSPS) is 20.3. The summed E-state index contributed by atoms with van der Waals surface area (Å²) in [5.74, 6) is 0.919. The van der Waals surface area contributed by atoms with Crippen molar-refractivity contribution in [2.75, 3.05) is 19.7 Å². The fourth-order valence-corrected chi connectivity index (χ4v) is 5.24. The quantitative estimate of drug-likeness (QED) is 0.463. The average Bonchev–Trinajstić information content (AvgIpc) is 3.61. The standard InChI is InChI=1S/C25H24N4O5S/c1-2-32-21-12-16(13-26)5-6-19(21)34-23-22(18-14-35-15-27-18)29(25(23)31)17-7-9-28(10-8-17)24(30)20-4-3-11-33-20/h3-6,11-12,14-15,17,22-23H,2,7-10H2,1H3. The fourth-order valence-electron chi connectivity index (χ4n) is 4.65. The Hall–Kier alpha value is -3.84. The summed E-state index contributed by atoms with van der Waals surface area (Å²) in [6, 6.07) is 10.0. The first-order valence-electron chi connectivity index (χ1n) is 11.5. The lowest BCUT2D eigenvalue weighted by atomic mass is 9.89. The first-order valence-corrected chi connectivity index (χ1v) is 12.4. The number of carbonyl (C=O) groups excluding carboxylic acids is 2. The van der Waals surface area contributed by atoms with Crippen molar-refractivity contribution < 1.29 is 23.5 Å². The zero-order chi connectivity index (χ0) is 24.4. The largest absolute Gasteiger partial charge is 0.490 e. The molecule has 180 valence electrons. The van der Waals surface area contributed by atoms with Gasteiger partial charge in [0.2, 0.25) is 6.10 Å². The van der Waals surface area contributed by atoms with Crippen LogP contribution in [0.1, 0.15) is 47.6 Å². The Morgan fingerprint density at radius 1 is 1.29 bits per heavy atom. The highest BCUT2D eigenvalue weighted by molar-refractivity contribution is 7.07. The van der Waals surface area contributed by atoms with Gasteiger partial charge in [0.1, 0.15) is 6.04 Å². The van der Waals surface area contributed by atoms with Crippen LogP contribution in [-0.4, -0.2) is 58.4 Å². The van der Waals surface area contributed by atoms with Crippen molar-refractivity contribution in [1.82, 2.24) is 14.8 Å². The summed E-state index contributed by atoms with van der Waals surface area (Å²) in [5.41, 5.74) is 2.97. The molecule has 0 spiro atoms. The van der Waals surface area contributed by atoms with E-state index in [-0.39, 0.29) is 23.9 Å². The molecule has 5 rings (SSSR count). The number of furan rings is 1. The van der Waals surface area contributed by atoms with Gasteiger partial charge in [-0.3, -0.25) is 9.59 Å². The van der Waals surface area contributed by atoms with E-state index in [4.69, 9.17) is 13.9 Å². The summed E-state index contributed by atoms with van der Waals surface area (Å²) < 4.78 is 17.1. The predicted octanol–water partition coefficient (Wildman–Crippen LogP) is 3.64. The number of hydrogen-bond donors (Lipinski definition) is 0. The van der Waals surface area contributed by atoms with Crippen LogP contribution in [0.2, 0.25) is 0 Å². The zero-order valence-corrected chi connectivity index (χ0v) is 19.9. The number of aromatic nitrogens is 1. The molecule has 35 heavy (non-hydrogen) atoms. The minimum Gasteiger partial charge on any atom is -0.490 e. The summed E-state index contributed by atoms with van der Waals surface area (Å²) in [4.78, 5) is 34.0. The summed E-state index contributed by atoms with van der Waals surface area (Å²) in [7, 11) is 0. The van der Waals surface area contributed by atoms with E-state index in [9.17, 15) is 14.9 Å². The summed E-state index contributed by atoms with van der Waals surface area (Å²) in [5, 5.41) is 11.1. The van der Waals surface area contributed by atoms with Crippen LogP contribution in [0.4, 0.5) is 0 Å². The molecule has 0 aliphatic carbocycles. The number of nitrogens with zero attached hydrogens (tertiary/aromatic N) is 4. The number of hydrogen-bond acceptors (Lipinski definition) is 8. The molecule has 2 aliphatic heterocycles. The van der Waals surface area contributed by atoms with Gasteiger partial charge in [-0.1, -0.05) is 0 Å². The number of carbonyl (C=O) groups is 2. The molecule has 0 saturated carbocycles. The first kappa shape index (κ1) is 22.9. The number of benzene rings is 1. The maximum absolute atomic E-state index is 13.4. The molecule has 2 saturated heterocycles. The average molecular weight is 493 g/mol. The molecule has 10 heteroatoms. The maximum atomic E-state index is 13.4. The number of nitriles is 1. The molecule has 2 amide bonds. The minimum absolute atomic E-state index is 0.0259. The third kappa shape index (κ3) is 4.35. The highest BCUT2D eigenvalue weighted by Gasteiger charge is 2.54. The van der Waals surface area contributed by atoms with E-state index in [0.717, 1.165) is 5.69 Å². The lowest BCUT2D eigenvalue weighted by Crippen LogP contribution is -2.66. The van der Waals surface area contributed by atoms with Gasteiger partial charge in [-0.25, -0.2) is 4.98 Å². The van der Waals surface area contributed by atoms with Gasteiger partial charge in [0, 0.05) is 30.6 Å². The van der Waals surface area contributed by atoms with Gasteiger partial charge in [-0.15, -0.1) is 11.3 Å². The van der Waals surface area contributed by atoms with Crippen molar-refractivity contribution in [2.24, 2.45) is 0 Å². The lowest BCUT2D eigenvalue weighted by molar-refractivity contribution is -0.171. The van der Waals surface area contributed by atoms with Crippen LogP contribution in [0, 0.1) is 11.3 Å². The SMILES string of the molecule is CCOc1cc(C#N)ccc1OC1C(=O)N(C2CCN(C(=O)c3ccco3)CC2)C1c1cscn1. The van der Waals surface area contributed by atoms with E-state index >= 15 is 0 Å². The molecule has 0 bridgehead atoms. The van der Waals surface area contributed by atoms with E-state index in [2.05, 4.69) is 11.1 Å². The van der Waals surface area contributed by atoms with E-state index in [1.807, 2.05) is 17.2 Å². The van der Waals surface area contributed by atoms with Crippen molar-refractivity contribution in [1.29, 1.82) is 5.26 Å². The van der Waals surface area contributed by atoms with Gasteiger partial charge >= 0.3 is 0 Å². The second-order valence-electron chi connectivity index (χ2n) is 8.35. The Morgan fingerprint density at radius 2 is 2.11 bits per heavy atom. The molecule has 2 aliphatic rings. The number of rotatable bonds is 7. The Labute approximate surface area is 206 Å². The van der Waals surface area contributed by atoms with E-state index in [1.54, 1.807) is 40.7 Å². The smallest absolute Gasteiger partial charge is 0.289 e. The Bertz CT molecular complexity index is 1230. The third-order valence-corrected chi connectivity index (χ3v) is 6.95. The molecule has 2 unspecified atom stereocenters. The zero-order valence-electron chi connectivity index (χ0n) is 19.1. The Morgan fingerprint density at radius 3 is 2.77 bits per heavy atom. The van der Waals surface area contributed by atoms with Crippen molar-refractivity contribution >= 4 is 23.2 Å². The van der Waals surface area contributed by atoms with Gasteiger partial charge in [0.25, 0.3) is 11.8 Å². The Kier molecular flexibility index (Phi) is 6.42. The van der Waals surface area contributed by atoms with Crippen LogP contribution in [0.3, 0.4) is 0 Å². The van der Waals surface area contributed by atoms with Crippen LogP contribution < -0.4 is 9.47 Å². The second kappa shape index (κ2) is 9.80.